The average Bonchev–Trinajstić information content (AvgIpc) is 2.81. The van der Waals surface area contributed by atoms with E-state index < -0.39 is 31.1 Å². The van der Waals surface area contributed by atoms with Crippen LogP contribution in [0.3, 0.4) is 0 Å². The van der Waals surface area contributed by atoms with E-state index in [4.69, 9.17) is 5.11 Å². The third kappa shape index (κ3) is 6.73. The largest absolute Gasteiger partial charge is 0.480 e. The fraction of sp³-hybridized carbons (Fsp3) is 0.444. The fourth-order valence-electron chi connectivity index (χ4n) is 1.03. The highest BCUT2D eigenvalue weighted by Gasteiger charge is 2.08. The molecule has 0 aliphatic rings. The van der Waals surface area contributed by atoms with Crippen molar-refractivity contribution in [3.8, 4) is 0 Å². The van der Waals surface area contributed by atoms with E-state index in [1.165, 1.54) is 6.39 Å². The van der Waals surface area contributed by atoms with Crippen molar-refractivity contribution in [3.05, 3.63) is 12.2 Å². The second-order valence-electron chi connectivity index (χ2n) is 3.29. The van der Waals surface area contributed by atoms with Crippen LogP contribution in [0.2, 0.25) is 0 Å². The maximum Gasteiger partial charge on any atom is 0.329 e. The highest BCUT2D eigenvalue weighted by atomic mass is 16.5. The van der Waals surface area contributed by atoms with Gasteiger partial charge in [0.2, 0.25) is 6.39 Å². The number of nitrogens with one attached hydrogen (secondary N) is 2. The van der Waals surface area contributed by atoms with Crippen LogP contribution in [0.1, 0.15) is 5.82 Å². The SMILES string of the molecule is O=C(O)COCC(=O)NC(=O)NCCc1ncon1. The van der Waals surface area contributed by atoms with Crippen LogP contribution in [0, 0.1) is 0 Å². The lowest BCUT2D eigenvalue weighted by molar-refractivity contribution is -0.143. The molecule has 3 amide bonds. The molecule has 10 heteroatoms. The molecule has 1 aromatic rings. The number of hydrogen-bond donors (Lipinski definition) is 3. The monoisotopic (exact) mass is 272 g/mol. The van der Waals surface area contributed by atoms with Gasteiger partial charge in [-0.1, -0.05) is 5.16 Å². The highest BCUT2D eigenvalue weighted by Crippen LogP contribution is 1.87. The molecule has 19 heavy (non-hydrogen) atoms. The Kier molecular flexibility index (Phi) is 5.95. The quantitative estimate of drug-likeness (QED) is 0.546. The van der Waals surface area contributed by atoms with Crippen LogP contribution in [0.25, 0.3) is 0 Å². The number of ether oxygens (including phenoxy) is 1. The second-order valence-corrected chi connectivity index (χ2v) is 3.29. The maximum absolute atomic E-state index is 11.2. The van der Waals surface area contributed by atoms with Crippen LogP contribution in [0.15, 0.2) is 10.9 Å². The Balaban J connectivity index is 2.09. The van der Waals surface area contributed by atoms with E-state index in [0.717, 1.165) is 0 Å². The first-order valence-corrected chi connectivity index (χ1v) is 5.20. The third-order valence-electron chi connectivity index (χ3n) is 1.75. The van der Waals surface area contributed by atoms with Gasteiger partial charge in [-0.05, 0) is 0 Å². The van der Waals surface area contributed by atoms with Crippen LogP contribution in [-0.2, 0) is 20.7 Å². The van der Waals surface area contributed by atoms with Gasteiger partial charge in [-0.3, -0.25) is 10.1 Å². The molecule has 0 spiro atoms. The number of hydrogen-bond acceptors (Lipinski definition) is 7. The number of nitrogens with zero attached hydrogens (tertiary/aromatic N) is 2. The van der Waals surface area contributed by atoms with Crippen LogP contribution in [-0.4, -0.2) is 52.9 Å². The molecule has 0 bridgehead atoms. The molecule has 0 radical (unpaired) electrons. The Morgan fingerprint density at radius 1 is 1.37 bits per heavy atom. The predicted octanol–water partition coefficient (Wildman–Crippen LogP) is -1.46. The summed E-state index contributed by atoms with van der Waals surface area (Å²) in [4.78, 5) is 36.1. The third-order valence-corrected chi connectivity index (χ3v) is 1.75. The smallest absolute Gasteiger partial charge is 0.329 e. The number of aromatic nitrogens is 2. The van der Waals surface area contributed by atoms with Gasteiger partial charge >= 0.3 is 12.0 Å². The van der Waals surface area contributed by atoms with E-state index in [1.54, 1.807) is 0 Å². The molecule has 1 rings (SSSR count). The van der Waals surface area contributed by atoms with Gasteiger partial charge in [0, 0.05) is 13.0 Å². The molecule has 0 aromatic carbocycles. The van der Waals surface area contributed by atoms with Crippen molar-refractivity contribution in [1.82, 2.24) is 20.8 Å². The molecule has 0 saturated carbocycles. The zero-order valence-electron chi connectivity index (χ0n) is 9.79. The molecule has 1 heterocycles. The molecule has 0 atom stereocenters. The summed E-state index contributed by atoms with van der Waals surface area (Å²) in [5.74, 6) is -1.51. The Morgan fingerprint density at radius 2 is 2.16 bits per heavy atom. The van der Waals surface area contributed by atoms with Crippen molar-refractivity contribution in [1.29, 1.82) is 0 Å². The van der Waals surface area contributed by atoms with Gasteiger partial charge in [0.05, 0.1) is 0 Å². The van der Waals surface area contributed by atoms with Crippen LogP contribution < -0.4 is 10.6 Å². The molecule has 1 aromatic heterocycles. The molecule has 0 unspecified atom stereocenters. The number of rotatable bonds is 7. The molecule has 10 nitrogen and oxygen atoms in total. The zero-order valence-corrected chi connectivity index (χ0v) is 9.79. The number of urea groups is 1. The van der Waals surface area contributed by atoms with Gasteiger partial charge < -0.3 is 19.7 Å². The number of imide groups is 1. The molecule has 104 valence electrons. The summed E-state index contributed by atoms with van der Waals surface area (Å²) in [6, 6.07) is -0.715. The standard InChI is InChI=1S/C9H12N4O6/c14-7(3-18-4-8(15)16)12-9(17)10-2-1-6-11-5-19-13-6/h5H,1-4H2,(H,15,16)(H2,10,12,14,17). The van der Waals surface area contributed by atoms with Gasteiger partial charge in [-0.2, -0.15) is 4.98 Å². The van der Waals surface area contributed by atoms with Crippen LogP contribution >= 0.6 is 0 Å². The average molecular weight is 272 g/mol. The zero-order chi connectivity index (χ0) is 14.1. The summed E-state index contributed by atoms with van der Waals surface area (Å²) in [7, 11) is 0. The van der Waals surface area contributed by atoms with E-state index in [-0.39, 0.29) is 6.54 Å². The predicted molar refractivity (Wildman–Crippen MR) is 58.0 cm³/mol. The highest BCUT2D eigenvalue weighted by molar-refractivity contribution is 5.94. The van der Waals surface area contributed by atoms with E-state index >= 15 is 0 Å². The summed E-state index contributed by atoms with van der Waals surface area (Å²) >= 11 is 0. The minimum atomic E-state index is -1.20. The number of aliphatic carboxylic acids is 1. The minimum Gasteiger partial charge on any atom is -0.480 e. The normalized spacial score (nSPS) is 9.89. The van der Waals surface area contributed by atoms with E-state index in [9.17, 15) is 14.4 Å². The Morgan fingerprint density at radius 3 is 2.79 bits per heavy atom. The topological polar surface area (TPSA) is 144 Å². The number of carboxylic acid groups (broad SMARTS) is 1. The van der Waals surface area contributed by atoms with Gasteiger partial charge in [0.15, 0.2) is 5.82 Å². The first-order valence-electron chi connectivity index (χ1n) is 5.20. The first kappa shape index (κ1) is 14.6. The summed E-state index contributed by atoms with van der Waals surface area (Å²) < 4.78 is 8.99. The Labute approximate surface area is 107 Å². The lowest BCUT2D eigenvalue weighted by Crippen LogP contribution is -2.42. The Hall–Kier alpha value is -2.49. The van der Waals surface area contributed by atoms with Gasteiger partial charge in [0.1, 0.15) is 13.2 Å². The van der Waals surface area contributed by atoms with E-state index in [2.05, 4.69) is 24.7 Å². The number of amides is 3. The van der Waals surface area contributed by atoms with Crippen molar-refractivity contribution in [2.24, 2.45) is 0 Å². The van der Waals surface area contributed by atoms with Crippen molar-refractivity contribution >= 4 is 17.9 Å². The molecule has 0 saturated heterocycles. The maximum atomic E-state index is 11.2. The molecule has 0 fully saturated rings. The number of carbonyl (C=O) groups excluding carboxylic acids is 2. The molecule has 0 aliphatic carbocycles. The van der Waals surface area contributed by atoms with Gasteiger partial charge in [-0.15, -0.1) is 0 Å². The summed E-state index contributed by atoms with van der Waals surface area (Å²) in [5.41, 5.74) is 0. The lowest BCUT2D eigenvalue weighted by atomic mass is 10.4. The van der Waals surface area contributed by atoms with Crippen molar-refractivity contribution in [2.75, 3.05) is 19.8 Å². The lowest BCUT2D eigenvalue weighted by Gasteiger charge is -2.05. The number of carboxylic acids is 1. The summed E-state index contributed by atoms with van der Waals surface area (Å²) in [6.45, 7) is -0.897. The van der Waals surface area contributed by atoms with Gasteiger partial charge in [-0.25, -0.2) is 9.59 Å². The number of carbonyl (C=O) groups is 3. The van der Waals surface area contributed by atoms with E-state index in [1.807, 2.05) is 5.32 Å². The molecule has 3 N–H and O–H groups in total. The molecular formula is C9H12N4O6. The minimum absolute atomic E-state index is 0.217. The second kappa shape index (κ2) is 7.76. The first-order chi connectivity index (χ1) is 9.08. The van der Waals surface area contributed by atoms with Crippen molar-refractivity contribution < 1.29 is 28.8 Å². The summed E-state index contributed by atoms with van der Waals surface area (Å²) in [6.07, 6.45) is 1.52. The van der Waals surface area contributed by atoms with Crippen molar-refractivity contribution in [2.45, 2.75) is 6.42 Å². The van der Waals surface area contributed by atoms with E-state index in [0.29, 0.717) is 12.2 Å². The molecular weight excluding hydrogens is 260 g/mol. The van der Waals surface area contributed by atoms with Crippen molar-refractivity contribution in [3.63, 3.8) is 0 Å². The van der Waals surface area contributed by atoms with Crippen LogP contribution in [0.5, 0.6) is 0 Å². The van der Waals surface area contributed by atoms with Gasteiger partial charge in [0.25, 0.3) is 5.91 Å². The molecule has 0 aliphatic heterocycles. The summed E-state index contributed by atoms with van der Waals surface area (Å²) in [5, 5.41) is 16.1. The Bertz CT molecular complexity index is 432. The fourth-order valence-corrected chi connectivity index (χ4v) is 1.03. The van der Waals surface area contributed by atoms with Crippen LogP contribution in [0.4, 0.5) is 4.79 Å².